The lowest BCUT2D eigenvalue weighted by molar-refractivity contribution is -0.143. The van der Waals surface area contributed by atoms with Crippen molar-refractivity contribution in [2.24, 2.45) is 17.8 Å². The number of phenolic OH excluding ortho intramolecular Hbond substituents is 1. The van der Waals surface area contributed by atoms with E-state index in [1.807, 2.05) is 32.1 Å². The fourth-order valence-electron chi connectivity index (χ4n) is 6.81. The molecule has 4 atom stereocenters. The van der Waals surface area contributed by atoms with Gasteiger partial charge in [0.25, 0.3) is 0 Å². The van der Waals surface area contributed by atoms with Crippen LogP contribution >= 0.6 is 0 Å². The highest BCUT2D eigenvalue weighted by molar-refractivity contribution is 6.22. The fourth-order valence-corrected chi connectivity index (χ4v) is 6.81. The molecule has 5 rings (SSSR count). The fraction of sp³-hybridized carbons (Fsp3) is 0.455. The van der Waals surface area contributed by atoms with Gasteiger partial charge in [0.1, 0.15) is 5.75 Å². The van der Waals surface area contributed by atoms with Crippen molar-refractivity contribution in [3.8, 4) is 5.75 Å². The van der Waals surface area contributed by atoms with Gasteiger partial charge in [0.15, 0.2) is 0 Å². The van der Waals surface area contributed by atoms with Crippen LogP contribution in [-0.4, -0.2) is 29.6 Å². The van der Waals surface area contributed by atoms with E-state index in [0.29, 0.717) is 36.3 Å². The Morgan fingerprint density at radius 1 is 0.955 bits per heavy atom. The summed E-state index contributed by atoms with van der Waals surface area (Å²) in [5.41, 5.74) is 0.116. The first-order valence-electron chi connectivity index (χ1n) is 14.7. The topological polar surface area (TPSA) is 66.8 Å². The van der Waals surface area contributed by atoms with E-state index < -0.39 is 58.7 Å². The van der Waals surface area contributed by atoms with Crippen molar-refractivity contribution in [2.75, 3.05) is 11.5 Å². The number of hydrogen-bond donors (Lipinski definition) is 1. The van der Waals surface area contributed by atoms with Crippen LogP contribution in [0, 0.1) is 17.8 Å². The Labute approximate surface area is 251 Å². The van der Waals surface area contributed by atoms with Crippen LogP contribution in [-0.2, 0) is 26.7 Å². The van der Waals surface area contributed by atoms with E-state index in [1.165, 1.54) is 0 Å². The summed E-state index contributed by atoms with van der Waals surface area (Å²) in [6.45, 7) is 4.15. The van der Waals surface area contributed by atoms with Gasteiger partial charge < -0.3 is 9.84 Å². The number of anilines is 1. The molecule has 3 aliphatic rings. The number of hydrogen-bond acceptors (Lipinski definition) is 4. The molecular weight excluding hydrogens is 588 g/mol. The predicted molar refractivity (Wildman–Crippen MR) is 151 cm³/mol. The zero-order valence-electron chi connectivity index (χ0n) is 24.3. The van der Waals surface area contributed by atoms with Gasteiger partial charge in [-0.05, 0) is 73.6 Å². The van der Waals surface area contributed by atoms with Crippen molar-refractivity contribution in [3.63, 3.8) is 0 Å². The van der Waals surface area contributed by atoms with E-state index >= 15 is 0 Å². The van der Waals surface area contributed by atoms with Gasteiger partial charge in [-0.2, -0.15) is 26.3 Å². The van der Waals surface area contributed by atoms with E-state index in [4.69, 9.17) is 4.74 Å². The van der Waals surface area contributed by atoms with Crippen LogP contribution in [0.1, 0.15) is 69.1 Å². The van der Waals surface area contributed by atoms with Crippen LogP contribution in [0.25, 0.3) is 6.08 Å². The van der Waals surface area contributed by atoms with Gasteiger partial charge >= 0.3 is 12.4 Å². The number of halogens is 6. The van der Waals surface area contributed by atoms with E-state index in [9.17, 15) is 41.0 Å². The number of allylic oxidation sites excluding steroid dienone is 2. The Morgan fingerprint density at radius 3 is 2.16 bits per heavy atom. The molecule has 236 valence electrons. The number of rotatable bonds is 8. The average molecular weight is 622 g/mol. The lowest BCUT2D eigenvalue weighted by atomic mass is 9.68. The van der Waals surface area contributed by atoms with Crippen LogP contribution in [0.5, 0.6) is 5.75 Å². The number of benzene rings is 2. The molecule has 1 N–H and O–H groups in total. The van der Waals surface area contributed by atoms with Gasteiger partial charge in [-0.3, -0.25) is 9.59 Å². The molecule has 0 bridgehead atoms. The molecule has 2 saturated heterocycles. The van der Waals surface area contributed by atoms with Crippen LogP contribution < -0.4 is 4.90 Å². The maximum Gasteiger partial charge on any atom is 0.416 e. The van der Waals surface area contributed by atoms with Crippen molar-refractivity contribution in [2.45, 2.75) is 70.8 Å². The molecule has 0 spiro atoms. The highest BCUT2D eigenvalue weighted by Gasteiger charge is 2.57. The van der Waals surface area contributed by atoms with E-state index in [0.717, 1.165) is 35.1 Å². The molecule has 0 aromatic heterocycles. The highest BCUT2D eigenvalue weighted by Crippen LogP contribution is 2.52. The minimum absolute atomic E-state index is 0.0172. The number of imide groups is 1. The van der Waals surface area contributed by atoms with Crippen LogP contribution in [0.15, 0.2) is 59.2 Å². The zero-order chi connectivity index (χ0) is 32.0. The van der Waals surface area contributed by atoms with Crippen molar-refractivity contribution >= 4 is 23.6 Å². The average Bonchev–Trinajstić information content (AvgIpc) is 3.49. The van der Waals surface area contributed by atoms with Crippen molar-refractivity contribution in [3.05, 3.63) is 75.9 Å². The molecule has 0 saturated carbocycles. The first kappa shape index (κ1) is 31.8. The first-order chi connectivity index (χ1) is 20.7. The summed E-state index contributed by atoms with van der Waals surface area (Å²) in [6, 6.07) is 7.69. The summed E-state index contributed by atoms with van der Waals surface area (Å²) < 4.78 is 87.6. The monoisotopic (exact) mass is 621 g/mol. The quantitative estimate of drug-likeness (QED) is 0.183. The van der Waals surface area contributed by atoms with E-state index in [2.05, 4.69) is 0 Å². The third-order valence-corrected chi connectivity index (χ3v) is 8.84. The number of nitrogens with zero attached hydrogens (tertiary/aromatic N) is 1. The van der Waals surface area contributed by atoms with E-state index in [1.54, 1.807) is 12.1 Å². The SMILES string of the molecule is CCCC1=C2[C@@H](CC/C(=C/c3ccc(O)cc3)CC)OC[C@@H]2[C@@H]2C(=O)N(c3cc(C(F)(F)F)cc(C(F)(F)F)c3)C(=O)[C@@H]2C1. The second kappa shape index (κ2) is 12.1. The number of ether oxygens (including phenoxy) is 1. The molecule has 0 radical (unpaired) electrons. The van der Waals surface area contributed by atoms with Gasteiger partial charge in [0.2, 0.25) is 11.8 Å². The highest BCUT2D eigenvalue weighted by atomic mass is 19.4. The summed E-state index contributed by atoms with van der Waals surface area (Å²) in [6.07, 6.45) is -4.81. The lowest BCUT2D eigenvalue weighted by Crippen LogP contribution is -2.34. The number of carbonyl (C=O) groups is 2. The third-order valence-electron chi connectivity index (χ3n) is 8.84. The lowest BCUT2D eigenvalue weighted by Gasteiger charge is -2.32. The predicted octanol–water partition coefficient (Wildman–Crippen LogP) is 8.32. The minimum Gasteiger partial charge on any atom is -0.508 e. The van der Waals surface area contributed by atoms with Gasteiger partial charge in [-0.1, -0.05) is 49.6 Å². The summed E-state index contributed by atoms with van der Waals surface area (Å²) in [7, 11) is 0. The number of phenols is 1. The number of aromatic hydroxyl groups is 1. The molecule has 44 heavy (non-hydrogen) atoms. The molecule has 1 aliphatic carbocycles. The van der Waals surface area contributed by atoms with Gasteiger partial charge in [-0.25, -0.2) is 4.90 Å². The summed E-state index contributed by atoms with van der Waals surface area (Å²) in [4.78, 5) is 27.9. The molecule has 11 heteroatoms. The molecule has 5 nitrogen and oxygen atoms in total. The summed E-state index contributed by atoms with van der Waals surface area (Å²) in [5.74, 6) is -3.70. The zero-order valence-corrected chi connectivity index (χ0v) is 24.3. The number of alkyl halides is 6. The Morgan fingerprint density at radius 2 is 1.59 bits per heavy atom. The maximum atomic E-state index is 13.8. The molecule has 0 unspecified atom stereocenters. The standard InChI is InChI=1S/C33H33F6NO4/c1-3-5-20-13-25-29(26-17-44-27(28(20)26)11-8-18(4-2)12-19-6-9-24(41)10-7-19)31(43)40(30(25)42)23-15-21(32(34,35)36)14-22(16-23)33(37,38)39/h6-7,9-10,12,14-16,25-27,29,41H,3-5,8,11,13,17H2,1-2H3/b18-12+/t25-,26+,27-,29-/m1/s1. The maximum absolute atomic E-state index is 13.8. The Kier molecular flexibility index (Phi) is 8.72. The van der Waals surface area contributed by atoms with Gasteiger partial charge in [0, 0.05) is 5.92 Å². The Balaban J connectivity index is 1.43. The molecule has 2 aliphatic heterocycles. The van der Waals surface area contributed by atoms with E-state index in [-0.39, 0.29) is 30.9 Å². The smallest absolute Gasteiger partial charge is 0.416 e. The van der Waals surface area contributed by atoms with Crippen molar-refractivity contribution < 1.29 is 45.8 Å². The summed E-state index contributed by atoms with van der Waals surface area (Å²) in [5, 5.41) is 9.56. The van der Waals surface area contributed by atoms with Crippen molar-refractivity contribution in [1.82, 2.24) is 0 Å². The molecule has 2 aromatic carbocycles. The molecule has 2 aromatic rings. The second-order valence-corrected chi connectivity index (χ2v) is 11.6. The normalized spacial score (nSPS) is 24.3. The molecule has 2 heterocycles. The van der Waals surface area contributed by atoms with Crippen LogP contribution in [0.2, 0.25) is 0 Å². The molecular formula is C33H33F6NO4. The molecule has 2 fully saturated rings. The Bertz CT molecular complexity index is 1460. The second-order valence-electron chi connectivity index (χ2n) is 11.6. The number of carbonyl (C=O) groups excluding carboxylic acids is 2. The summed E-state index contributed by atoms with van der Waals surface area (Å²) >= 11 is 0. The Hall–Kier alpha value is -3.60. The largest absolute Gasteiger partial charge is 0.508 e. The number of fused-ring (bicyclic) bond motifs is 3. The first-order valence-corrected chi connectivity index (χ1v) is 14.7. The minimum atomic E-state index is -5.11. The van der Waals surface area contributed by atoms with Crippen LogP contribution in [0.3, 0.4) is 0 Å². The van der Waals surface area contributed by atoms with Crippen molar-refractivity contribution in [1.29, 1.82) is 0 Å². The van der Waals surface area contributed by atoms with Crippen LogP contribution in [0.4, 0.5) is 32.0 Å². The van der Waals surface area contributed by atoms with Gasteiger partial charge in [-0.15, -0.1) is 0 Å². The third kappa shape index (κ3) is 6.16. The molecule has 2 amide bonds. The van der Waals surface area contributed by atoms with Gasteiger partial charge in [0.05, 0.1) is 41.4 Å². The number of amides is 2.